The van der Waals surface area contributed by atoms with Crippen molar-refractivity contribution >= 4 is 29.4 Å². The molecule has 9 heteroatoms. The SMILES string of the molecule is O=C(N/N=C\c1ccc(-c2ccc(Cl)c([N+](=O)[O-])c2)o1)c1ccco1. The summed E-state index contributed by atoms with van der Waals surface area (Å²) in [5.74, 6) is 0.387. The van der Waals surface area contributed by atoms with Gasteiger partial charge in [-0.05, 0) is 36.4 Å². The maximum absolute atomic E-state index is 11.6. The second-order valence-corrected chi connectivity index (χ2v) is 5.21. The van der Waals surface area contributed by atoms with E-state index in [0.717, 1.165) is 0 Å². The number of furan rings is 2. The molecule has 0 saturated carbocycles. The monoisotopic (exact) mass is 359 g/mol. The molecule has 0 unspecified atom stereocenters. The Morgan fingerprint density at radius 2 is 2.12 bits per heavy atom. The molecule has 1 aromatic carbocycles. The molecular formula is C16H10ClN3O5. The van der Waals surface area contributed by atoms with Crippen LogP contribution in [0.1, 0.15) is 16.3 Å². The molecule has 0 saturated heterocycles. The van der Waals surface area contributed by atoms with Crippen molar-refractivity contribution in [3.05, 3.63) is 75.4 Å². The molecule has 8 nitrogen and oxygen atoms in total. The van der Waals surface area contributed by atoms with Crippen LogP contribution in [0.15, 0.2) is 62.7 Å². The van der Waals surface area contributed by atoms with Crippen LogP contribution in [0.2, 0.25) is 5.02 Å². The minimum Gasteiger partial charge on any atom is -0.459 e. The van der Waals surface area contributed by atoms with Crippen LogP contribution in [0.4, 0.5) is 5.69 Å². The van der Waals surface area contributed by atoms with E-state index in [0.29, 0.717) is 17.1 Å². The molecule has 3 rings (SSSR count). The first-order chi connectivity index (χ1) is 12.0. The van der Waals surface area contributed by atoms with Crippen LogP contribution in [-0.4, -0.2) is 17.0 Å². The van der Waals surface area contributed by atoms with Crippen molar-refractivity contribution in [1.29, 1.82) is 0 Å². The van der Waals surface area contributed by atoms with Crippen molar-refractivity contribution in [3.63, 3.8) is 0 Å². The lowest BCUT2D eigenvalue weighted by molar-refractivity contribution is -0.384. The van der Waals surface area contributed by atoms with Crippen molar-refractivity contribution in [2.24, 2.45) is 5.10 Å². The molecule has 0 aliphatic rings. The quantitative estimate of drug-likeness (QED) is 0.422. The van der Waals surface area contributed by atoms with Crippen LogP contribution < -0.4 is 5.43 Å². The van der Waals surface area contributed by atoms with Crippen molar-refractivity contribution in [3.8, 4) is 11.3 Å². The smallest absolute Gasteiger partial charge is 0.307 e. The lowest BCUT2D eigenvalue weighted by atomic mass is 10.1. The number of benzene rings is 1. The van der Waals surface area contributed by atoms with Gasteiger partial charge in [-0.15, -0.1) is 0 Å². The van der Waals surface area contributed by atoms with Crippen LogP contribution in [-0.2, 0) is 0 Å². The Hall–Kier alpha value is -3.39. The molecule has 3 aromatic rings. The van der Waals surface area contributed by atoms with Gasteiger partial charge in [0.1, 0.15) is 16.5 Å². The van der Waals surface area contributed by atoms with Crippen LogP contribution in [0.25, 0.3) is 11.3 Å². The molecule has 0 fully saturated rings. The van der Waals surface area contributed by atoms with Crippen LogP contribution in [0, 0.1) is 10.1 Å². The summed E-state index contributed by atoms with van der Waals surface area (Å²) in [4.78, 5) is 22.0. The molecule has 0 aliphatic carbocycles. The van der Waals surface area contributed by atoms with Gasteiger partial charge in [-0.1, -0.05) is 11.6 Å². The molecule has 2 aromatic heterocycles. The van der Waals surface area contributed by atoms with Crippen LogP contribution in [0.5, 0.6) is 0 Å². The highest BCUT2D eigenvalue weighted by molar-refractivity contribution is 6.32. The molecule has 0 spiro atoms. The van der Waals surface area contributed by atoms with Gasteiger partial charge in [-0.2, -0.15) is 5.10 Å². The van der Waals surface area contributed by atoms with Gasteiger partial charge in [0.2, 0.25) is 0 Å². The first-order valence-corrected chi connectivity index (χ1v) is 7.33. The van der Waals surface area contributed by atoms with Gasteiger partial charge in [0.25, 0.3) is 5.69 Å². The molecule has 0 radical (unpaired) electrons. The number of hydrazone groups is 1. The highest BCUT2D eigenvalue weighted by Crippen LogP contribution is 2.30. The number of amides is 1. The minimum absolute atomic E-state index is 0.0442. The normalized spacial score (nSPS) is 10.9. The Bertz CT molecular complexity index is 947. The van der Waals surface area contributed by atoms with E-state index < -0.39 is 10.8 Å². The van der Waals surface area contributed by atoms with Gasteiger partial charge in [-0.3, -0.25) is 14.9 Å². The zero-order chi connectivity index (χ0) is 17.8. The van der Waals surface area contributed by atoms with Crippen molar-refractivity contribution < 1.29 is 18.6 Å². The number of hydrogen-bond donors (Lipinski definition) is 1. The summed E-state index contributed by atoms with van der Waals surface area (Å²) in [6.07, 6.45) is 2.68. The van der Waals surface area contributed by atoms with Crippen LogP contribution in [0.3, 0.4) is 0 Å². The Kier molecular flexibility index (Phi) is 4.62. The third-order valence-electron chi connectivity index (χ3n) is 3.16. The van der Waals surface area contributed by atoms with E-state index in [-0.39, 0.29) is 16.5 Å². The van der Waals surface area contributed by atoms with Gasteiger partial charge in [-0.25, -0.2) is 5.43 Å². The summed E-state index contributed by atoms with van der Waals surface area (Å²) in [7, 11) is 0. The van der Waals surface area contributed by atoms with Gasteiger partial charge < -0.3 is 8.83 Å². The van der Waals surface area contributed by atoms with Crippen molar-refractivity contribution in [1.82, 2.24) is 5.43 Å². The Morgan fingerprint density at radius 3 is 2.84 bits per heavy atom. The van der Waals surface area contributed by atoms with E-state index in [1.807, 2.05) is 0 Å². The van der Waals surface area contributed by atoms with Gasteiger partial charge in [0.15, 0.2) is 5.76 Å². The van der Waals surface area contributed by atoms with Gasteiger partial charge >= 0.3 is 5.91 Å². The number of carbonyl (C=O) groups is 1. The fraction of sp³-hybridized carbons (Fsp3) is 0. The second-order valence-electron chi connectivity index (χ2n) is 4.80. The molecule has 126 valence electrons. The highest BCUT2D eigenvalue weighted by atomic mass is 35.5. The molecule has 25 heavy (non-hydrogen) atoms. The zero-order valence-electron chi connectivity index (χ0n) is 12.5. The third-order valence-corrected chi connectivity index (χ3v) is 3.48. The number of halogens is 1. The van der Waals surface area contributed by atoms with E-state index in [1.54, 1.807) is 24.3 Å². The summed E-state index contributed by atoms with van der Waals surface area (Å²) in [5, 5.41) is 14.7. The number of rotatable bonds is 5. The summed E-state index contributed by atoms with van der Waals surface area (Å²) in [5.41, 5.74) is 2.57. The van der Waals surface area contributed by atoms with Gasteiger partial charge in [0, 0.05) is 11.6 Å². The maximum Gasteiger partial charge on any atom is 0.307 e. The lowest BCUT2D eigenvalue weighted by Gasteiger charge is -1.99. The summed E-state index contributed by atoms with van der Waals surface area (Å²) >= 11 is 5.78. The molecule has 2 heterocycles. The third kappa shape index (κ3) is 3.75. The van der Waals surface area contributed by atoms with E-state index in [9.17, 15) is 14.9 Å². The zero-order valence-corrected chi connectivity index (χ0v) is 13.3. The molecule has 1 amide bonds. The van der Waals surface area contributed by atoms with Gasteiger partial charge in [0.05, 0.1) is 17.4 Å². The van der Waals surface area contributed by atoms with E-state index in [4.69, 9.17) is 20.4 Å². The number of carbonyl (C=O) groups excluding carboxylic acids is 1. The largest absolute Gasteiger partial charge is 0.459 e. The fourth-order valence-electron chi connectivity index (χ4n) is 2.00. The molecule has 1 N–H and O–H groups in total. The standard InChI is InChI=1S/C16H10ClN3O5/c17-12-5-3-10(8-13(12)20(22)23)14-6-4-11(25-14)9-18-19-16(21)15-2-1-7-24-15/h1-9H,(H,19,21)/b18-9-. The minimum atomic E-state index is -0.568. The van der Waals surface area contributed by atoms with Crippen molar-refractivity contribution in [2.45, 2.75) is 0 Å². The van der Waals surface area contributed by atoms with Crippen molar-refractivity contribution in [2.75, 3.05) is 0 Å². The predicted octanol–water partition coefficient (Wildman–Crippen LogP) is 3.87. The maximum atomic E-state index is 11.6. The summed E-state index contributed by atoms with van der Waals surface area (Å²) in [6, 6.07) is 10.7. The van der Waals surface area contributed by atoms with E-state index in [1.165, 1.54) is 30.7 Å². The average molecular weight is 360 g/mol. The second kappa shape index (κ2) is 7.02. The Balaban J connectivity index is 1.72. The summed E-state index contributed by atoms with van der Waals surface area (Å²) < 4.78 is 10.5. The van der Waals surface area contributed by atoms with E-state index >= 15 is 0 Å². The molecular weight excluding hydrogens is 350 g/mol. The molecule has 0 aliphatic heterocycles. The Morgan fingerprint density at radius 1 is 1.28 bits per heavy atom. The summed E-state index contributed by atoms with van der Waals surface area (Å²) in [6.45, 7) is 0. The first-order valence-electron chi connectivity index (χ1n) is 6.95. The predicted molar refractivity (Wildman–Crippen MR) is 89.6 cm³/mol. The Labute approximate surface area is 145 Å². The number of hydrogen-bond acceptors (Lipinski definition) is 6. The number of nitrogens with one attached hydrogen (secondary N) is 1. The molecule has 0 atom stereocenters. The number of nitrogens with zero attached hydrogens (tertiary/aromatic N) is 2. The topological polar surface area (TPSA) is 111 Å². The van der Waals surface area contributed by atoms with E-state index in [2.05, 4.69) is 10.5 Å². The molecule has 0 bridgehead atoms. The average Bonchev–Trinajstić information content (AvgIpc) is 3.27. The highest BCUT2D eigenvalue weighted by Gasteiger charge is 2.15. The lowest BCUT2D eigenvalue weighted by Crippen LogP contribution is -2.16. The van der Waals surface area contributed by atoms with Crippen LogP contribution >= 0.6 is 11.6 Å². The first kappa shape index (κ1) is 16.5. The number of nitro benzene ring substituents is 1. The number of nitro groups is 1. The fourth-order valence-corrected chi connectivity index (χ4v) is 2.19.